The average Bonchev–Trinajstić information content (AvgIpc) is 2.56. The molecule has 2 aromatic rings. The van der Waals surface area contributed by atoms with Gasteiger partial charge in [0.15, 0.2) is 0 Å². The Hall–Kier alpha value is -2.14. The van der Waals surface area contributed by atoms with Crippen LogP contribution in [-0.4, -0.2) is 24.8 Å². The molecule has 0 radical (unpaired) electrons. The van der Waals surface area contributed by atoms with Gasteiger partial charge in [-0.2, -0.15) is 0 Å². The molecule has 0 atom stereocenters. The first-order valence-electron chi connectivity index (χ1n) is 7.19. The Morgan fingerprint density at radius 1 is 1.14 bits per heavy atom. The second-order valence-corrected chi connectivity index (χ2v) is 5.84. The van der Waals surface area contributed by atoms with Crippen molar-refractivity contribution in [1.82, 2.24) is 5.32 Å². The summed E-state index contributed by atoms with van der Waals surface area (Å²) >= 11 is 3.41. The summed E-state index contributed by atoms with van der Waals surface area (Å²) in [6.45, 7) is 1.72. The quantitative estimate of drug-likeness (QED) is 0.883. The third-order valence-corrected chi connectivity index (χ3v) is 4.14. The maximum atomic E-state index is 12.5. The molecule has 0 bridgehead atoms. The highest BCUT2D eigenvalue weighted by Crippen LogP contribution is 2.21. The molecule has 5 heteroatoms. The second kappa shape index (κ2) is 6.75. The zero-order valence-corrected chi connectivity index (χ0v) is 13.6. The summed E-state index contributed by atoms with van der Waals surface area (Å²) in [5.74, 6) is 0.700. The van der Waals surface area contributed by atoms with Crippen molar-refractivity contribution in [3.8, 4) is 0 Å². The van der Waals surface area contributed by atoms with Crippen LogP contribution in [0, 0.1) is 0 Å². The molecule has 0 saturated carbocycles. The van der Waals surface area contributed by atoms with Crippen LogP contribution in [0.4, 0.5) is 5.69 Å². The van der Waals surface area contributed by atoms with Crippen molar-refractivity contribution in [2.75, 3.05) is 18.4 Å². The van der Waals surface area contributed by atoms with Crippen LogP contribution in [0.1, 0.15) is 22.3 Å². The van der Waals surface area contributed by atoms with Crippen molar-refractivity contribution in [3.63, 3.8) is 0 Å². The highest BCUT2D eigenvalue weighted by molar-refractivity contribution is 9.10. The highest BCUT2D eigenvalue weighted by atomic mass is 79.9. The molecule has 1 aliphatic heterocycles. The highest BCUT2D eigenvalue weighted by Gasteiger charge is 2.15. The van der Waals surface area contributed by atoms with Gasteiger partial charge in [0, 0.05) is 23.1 Å². The van der Waals surface area contributed by atoms with Crippen molar-refractivity contribution in [2.45, 2.75) is 6.42 Å². The Bertz CT molecular complexity index is 727. The first-order chi connectivity index (χ1) is 10.8. The molecular formula is C17H16BrN3O. The minimum absolute atomic E-state index is 0.142. The van der Waals surface area contributed by atoms with Crippen molar-refractivity contribution in [2.24, 2.45) is 4.99 Å². The standard InChI is InChI=1S/C17H16BrN3O/c18-14-8-3-1-6-12(14)17(22)21-15-9-4-2-7-13(15)16-19-10-5-11-20-16/h1-4,6-9H,5,10-11H2,(H,19,20)(H,21,22). The van der Waals surface area contributed by atoms with E-state index in [1.54, 1.807) is 6.07 Å². The zero-order chi connectivity index (χ0) is 15.4. The number of rotatable bonds is 3. The number of halogens is 1. The van der Waals surface area contributed by atoms with Crippen LogP contribution in [0.2, 0.25) is 0 Å². The lowest BCUT2D eigenvalue weighted by molar-refractivity contribution is 0.102. The Balaban J connectivity index is 1.88. The number of para-hydroxylation sites is 1. The molecule has 0 spiro atoms. The second-order valence-electron chi connectivity index (χ2n) is 4.99. The summed E-state index contributed by atoms with van der Waals surface area (Å²) in [6, 6.07) is 15.1. The van der Waals surface area contributed by atoms with Gasteiger partial charge in [-0.15, -0.1) is 0 Å². The first-order valence-corrected chi connectivity index (χ1v) is 7.98. The summed E-state index contributed by atoms with van der Waals surface area (Å²) in [7, 11) is 0. The molecule has 1 aliphatic rings. The van der Waals surface area contributed by atoms with Crippen molar-refractivity contribution in [3.05, 3.63) is 64.1 Å². The lowest BCUT2D eigenvalue weighted by Crippen LogP contribution is -2.31. The Kier molecular flexibility index (Phi) is 4.53. The molecular weight excluding hydrogens is 342 g/mol. The third-order valence-electron chi connectivity index (χ3n) is 3.45. The minimum atomic E-state index is -0.142. The molecule has 1 amide bonds. The number of hydrogen-bond donors (Lipinski definition) is 2. The molecule has 1 heterocycles. The van der Waals surface area contributed by atoms with Crippen molar-refractivity contribution < 1.29 is 4.79 Å². The van der Waals surface area contributed by atoms with E-state index in [1.807, 2.05) is 42.5 Å². The molecule has 112 valence electrons. The third kappa shape index (κ3) is 3.20. The number of nitrogens with zero attached hydrogens (tertiary/aromatic N) is 1. The topological polar surface area (TPSA) is 53.5 Å². The minimum Gasteiger partial charge on any atom is -0.370 e. The summed E-state index contributed by atoms with van der Waals surface area (Å²) in [5.41, 5.74) is 2.29. The van der Waals surface area contributed by atoms with Crippen molar-refractivity contribution in [1.29, 1.82) is 0 Å². The van der Waals surface area contributed by atoms with E-state index in [4.69, 9.17) is 0 Å². The number of carbonyl (C=O) groups excluding carboxylic acids is 1. The number of nitrogens with one attached hydrogen (secondary N) is 2. The predicted octanol–water partition coefficient (Wildman–Crippen LogP) is 3.44. The SMILES string of the molecule is O=C(Nc1ccccc1C1=NCCCN1)c1ccccc1Br. The number of amidine groups is 1. The van der Waals surface area contributed by atoms with Crippen LogP contribution in [0.25, 0.3) is 0 Å². The Labute approximate surface area is 137 Å². The number of anilines is 1. The van der Waals surface area contributed by atoms with E-state index in [-0.39, 0.29) is 5.91 Å². The Morgan fingerprint density at radius 3 is 2.68 bits per heavy atom. The molecule has 0 fully saturated rings. The van der Waals surface area contributed by atoms with Gasteiger partial charge in [0.1, 0.15) is 5.84 Å². The lowest BCUT2D eigenvalue weighted by Gasteiger charge is -2.18. The number of benzene rings is 2. The van der Waals surface area contributed by atoms with Gasteiger partial charge in [-0.1, -0.05) is 24.3 Å². The molecule has 22 heavy (non-hydrogen) atoms. The van der Waals surface area contributed by atoms with Crippen LogP contribution in [0.15, 0.2) is 58.0 Å². The molecule has 0 aliphatic carbocycles. The summed E-state index contributed by atoms with van der Waals surface area (Å²) in [4.78, 5) is 17.0. The van der Waals surface area contributed by atoms with Crippen LogP contribution in [-0.2, 0) is 0 Å². The normalized spacial score (nSPS) is 14.0. The van der Waals surface area contributed by atoms with Gasteiger partial charge in [0.05, 0.1) is 11.3 Å². The fraction of sp³-hybridized carbons (Fsp3) is 0.176. The molecule has 2 N–H and O–H groups in total. The molecule has 2 aromatic carbocycles. The average molecular weight is 358 g/mol. The van der Waals surface area contributed by atoms with Gasteiger partial charge < -0.3 is 10.6 Å². The van der Waals surface area contributed by atoms with Gasteiger partial charge in [0.25, 0.3) is 5.91 Å². The van der Waals surface area contributed by atoms with E-state index in [9.17, 15) is 4.79 Å². The maximum Gasteiger partial charge on any atom is 0.256 e. The fourth-order valence-corrected chi connectivity index (χ4v) is 2.81. The molecule has 3 rings (SSSR count). The van der Waals surface area contributed by atoms with Crippen LogP contribution in [0.3, 0.4) is 0 Å². The van der Waals surface area contributed by atoms with E-state index >= 15 is 0 Å². The molecule has 0 saturated heterocycles. The zero-order valence-electron chi connectivity index (χ0n) is 12.0. The van der Waals surface area contributed by atoms with Crippen LogP contribution in [0.5, 0.6) is 0 Å². The van der Waals surface area contributed by atoms with E-state index in [0.29, 0.717) is 5.56 Å². The number of hydrogen-bond acceptors (Lipinski definition) is 3. The van der Waals surface area contributed by atoms with Gasteiger partial charge >= 0.3 is 0 Å². The lowest BCUT2D eigenvalue weighted by atomic mass is 10.1. The Morgan fingerprint density at radius 2 is 1.91 bits per heavy atom. The predicted molar refractivity (Wildman–Crippen MR) is 92.6 cm³/mol. The number of aliphatic imine (C=N–C) groups is 1. The van der Waals surface area contributed by atoms with Gasteiger partial charge in [-0.25, -0.2) is 0 Å². The van der Waals surface area contributed by atoms with E-state index in [1.165, 1.54) is 0 Å². The van der Waals surface area contributed by atoms with E-state index < -0.39 is 0 Å². The monoisotopic (exact) mass is 357 g/mol. The number of amides is 1. The molecule has 4 nitrogen and oxygen atoms in total. The van der Waals surface area contributed by atoms with E-state index in [2.05, 4.69) is 31.6 Å². The summed E-state index contributed by atoms with van der Waals surface area (Å²) in [6.07, 6.45) is 1.04. The van der Waals surface area contributed by atoms with Crippen molar-refractivity contribution >= 4 is 33.4 Å². The maximum absolute atomic E-state index is 12.5. The van der Waals surface area contributed by atoms with Gasteiger partial charge in [-0.3, -0.25) is 9.79 Å². The van der Waals surface area contributed by atoms with E-state index in [0.717, 1.165) is 41.1 Å². The summed E-state index contributed by atoms with van der Waals surface area (Å²) in [5, 5.41) is 6.26. The number of carbonyl (C=O) groups is 1. The smallest absolute Gasteiger partial charge is 0.256 e. The largest absolute Gasteiger partial charge is 0.370 e. The molecule has 0 aromatic heterocycles. The van der Waals surface area contributed by atoms with Crippen LogP contribution < -0.4 is 10.6 Å². The molecule has 0 unspecified atom stereocenters. The van der Waals surface area contributed by atoms with Gasteiger partial charge in [-0.05, 0) is 46.6 Å². The summed E-state index contributed by atoms with van der Waals surface area (Å²) < 4.78 is 0.776. The van der Waals surface area contributed by atoms with Gasteiger partial charge in [0.2, 0.25) is 0 Å². The van der Waals surface area contributed by atoms with Crippen LogP contribution >= 0.6 is 15.9 Å². The first kappa shape index (κ1) is 14.8. The fourth-order valence-electron chi connectivity index (χ4n) is 2.35.